The topological polar surface area (TPSA) is 63.6 Å². The van der Waals surface area contributed by atoms with Crippen LogP contribution in [-0.2, 0) is 13.5 Å². The second-order valence-electron chi connectivity index (χ2n) is 3.27. The third-order valence-electron chi connectivity index (χ3n) is 2.25. The van der Waals surface area contributed by atoms with Crippen molar-refractivity contribution in [3.63, 3.8) is 0 Å². The van der Waals surface area contributed by atoms with Crippen LogP contribution in [0.5, 0.6) is 0 Å². The highest BCUT2D eigenvalue weighted by Crippen LogP contribution is 2.09. The van der Waals surface area contributed by atoms with Crippen molar-refractivity contribution in [2.45, 2.75) is 20.3 Å². The molecule has 0 aliphatic rings. The van der Waals surface area contributed by atoms with E-state index in [4.69, 9.17) is 0 Å². The highest BCUT2D eigenvalue weighted by molar-refractivity contribution is 5.76. The van der Waals surface area contributed by atoms with E-state index in [2.05, 4.69) is 15.1 Å². The standard InChI is InChI=1S/C9H12N4O/c1-4-6-10-8-7(9(14)11-6)5(2)12-13(8)3/h4H2,1-3H3,(H,10,11,14). The fourth-order valence-corrected chi connectivity index (χ4v) is 1.56. The van der Waals surface area contributed by atoms with Gasteiger partial charge in [-0.2, -0.15) is 5.10 Å². The number of nitrogens with zero attached hydrogens (tertiary/aromatic N) is 3. The van der Waals surface area contributed by atoms with Gasteiger partial charge in [0.15, 0.2) is 5.65 Å². The number of aryl methyl sites for hydroxylation is 3. The average molecular weight is 192 g/mol. The van der Waals surface area contributed by atoms with Gasteiger partial charge in [-0.1, -0.05) is 6.92 Å². The molecule has 74 valence electrons. The molecule has 0 aliphatic carbocycles. The molecular formula is C9H12N4O. The average Bonchev–Trinajstić information content (AvgIpc) is 2.42. The summed E-state index contributed by atoms with van der Waals surface area (Å²) in [6.45, 7) is 3.76. The van der Waals surface area contributed by atoms with E-state index in [0.717, 1.165) is 12.1 Å². The minimum absolute atomic E-state index is 0.0996. The molecule has 2 heterocycles. The van der Waals surface area contributed by atoms with E-state index >= 15 is 0 Å². The fourth-order valence-electron chi connectivity index (χ4n) is 1.56. The highest BCUT2D eigenvalue weighted by Gasteiger charge is 2.10. The Hall–Kier alpha value is -1.65. The largest absolute Gasteiger partial charge is 0.310 e. The Labute approximate surface area is 80.8 Å². The molecule has 0 atom stereocenters. The molecule has 0 aromatic carbocycles. The first kappa shape index (κ1) is 8.93. The van der Waals surface area contributed by atoms with Crippen molar-refractivity contribution >= 4 is 11.0 Å². The normalized spacial score (nSPS) is 11.1. The lowest BCUT2D eigenvalue weighted by Gasteiger charge is -1.96. The number of nitrogens with one attached hydrogen (secondary N) is 1. The van der Waals surface area contributed by atoms with Crippen LogP contribution < -0.4 is 5.56 Å². The van der Waals surface area contributed by atoms with Gasteiger partial charge in [-0.15, -0.1) is 0 Å². The molecule has 0 fully saturated rings. The molecule has 0 saturated carbocycles. The van der Waals surface area contributed by atoms with Crippen LogP contribution in [0.4, 0.5) is 0 Å². The molecule has 2 rings (SSSR count). The monoisotopic (exact) mass is 192 g/mol. The molecule has 5 nitrogen and oxygen atoms in total. The minimum Gasteiger partial charge on any atom is -0.310 e. The van der Waals surface area contributed by atoms with E-state index in [9.17, 15) is 4.79 Å². The van der Waals surface area contributed by atoms with E-state index in [1.165, 1.54) is 0 Å². The fraction of sp³-hybridized carbons (Fsp3) is 0.444. The summed E-state index contributed by atoms with van der Waals surface area (Å²) < 4.78 is 1.64. The van der Waals surface area contributed by atoms with Gasteiger partial charge in [-0.25, -0.2) is 9.67 Å². The zero-order valence-electron chi connectivity index (χ0n) is 8.46. The lowest BCUT2D eigenvalue weighted by Crippen LogP contribution is -2.11. The SMILES string of the molecule is CCc1nc2c(c(C)nn2C)c(=O)[nH]1. The van der Waals surface area contributed by atoms with Crippen LogP contribution in [0.3, 0.4) is 0 Å². The molecule has 2 aromatic heterocycles. The van der Waals surface area contributed by atoms with Crippen LogP contribution in [0.15, 0.2) is 4.79 Å². The van der Waals surface area contributed by atoms with Crippen molar-refractivity contribution in [2.75, 3.05) is 0 Å². The third-order valence-corrected chi connectivity index (χ3v) is 2.25. The van der Waals surface area contributed by atoms with Gasteiger partial charge >= 0.3 is 0 Å². The molecule has 5 heteroatoms. The molecule has 0 amide bonds. The quantitative estimate of drug-likeness (QED) is 0.716. The van der Waals surface area contributed by atoms with Crippen LogP contribution in [0.25, 0.3) is 11.0 Å². The first-order valence-electron chi connectivity index (χ1n) is 4.56. The second kappa shape index (κ2) is 2.94. The maximum atomic E-state index is 11.6. The first-order chi connectivity index (χ1) is 6.63. The Morgan fingerprint density at radius 2 is 2.21 bits per heavy atom. The summed E-state index contributed by atoms with van der Waals surface area (Å²) in [6, 6.07) is 0. The van der Waals surface area contributed by atoms with Crippen LogP contribution in [0.1, 0.15) is 18.4 Å². The van der Waals surface area contributed by atoms with Crippen molar-refractivity contribution in [1.29, 1.82) is 0 Å². The first-order valence-corrected chi connectivity index (χ1v) is 4.56. The number of hydrogen-bond donors (Lipinski definition) is 1. The van der Waals surface area contributed by atoms with Crippen molar-refractivity contribution in [3.05, 3.63) is 21.9 Å². The molecule has 2 aromatic rings. The van der Waals surface area contributed by atoms with Gasteiger partial charge in [0.1, 0.15) is 11.2 Å². The van der Waals surface area contributed by atoms with Gasteiger partial charge in [-0.3, -0.25) is 4.79 Å². The van der Waals surface area contributed by atoms with Gasteiger partial charge in [0.25, 0.3) is 5.56 Å². The summed E-state index contributed by atoms with van der Waals surface area (Å²) in [4.78, 5) is 18.7. The molecule has 14 heavy (non-hydrogen) atoms. The van der Waals surface area contributed by atoms with Crippen LogP contribution in [0, 0.1) is 6.92 Å². The number of H-pyrrole nitrogens is 1. The van der Waals surface area contributed by atoms with Crippen molar-refractivity contribution in [3.8, 4) is 0 Å². The summed E-state index contributed by atoms with van der Waals surface area (Å²) in [5.41, 5.74) is 1.28. The van der Waals surface area contributed by atoms with Crippen LogP contribution in [-0.4, -0.2) is 19.7 Å². The molecule has 0 unspecified atom stereocenters. The Balaban J connectivity index is 2.93. The maximum absolute atomic E-state index is 11.6. The van der Waals surface area contributed by atoms with E-state index in [1.54, 1.807) is 11.7 Å². The van der Waals surface area contributed by atoms with E-state index < -0.39 is 0 Å². The number of aromatic nitrogens is 4. The van der Waals surface area contributed by atoms with E-state index in [0.29, 0.717) is 16.9 Å². The van der Waals surface area contributed by atoms with E-state index in [1.807, 2.05) is 13.8 Å². The summed E-state index contributed by atoms with van der Waals surface area (Å²) in [5, 5.41) is 4.75. The summed E-state index contributed by atoms with van der Waals surface area (Å²) in [6.07, 6.45) is 0.718. The molecule has 0 spiro atoms. The van der Waals surface area contributed by atoms with Crippen molar-refractivity contribution in [2.24, 2.45) is 7.05 Å². The smallest absolute Gasteiger partial charge is 0.262 e. The summed E-state index contributed by atoms with van der Waals surface area (Å²) in [5.74, 6) is 0.700. The number of aromatic amines is 1. The molecule has 0 saturated heterocycles. The molecule has 1 N–H and O–H groups in total. The Bertz CT molecular complexity index is 537. The molecule has 0 radical (unpaired) electrons. The van der Waals surface area contributed by atoms with Crippen molar-refractivity contribution < 1.29 is 0 Å². The Morgan fingerprint density at radius 1 is 1.50 bits per heavy atom. The lowest BCUT2D eigenvalue weighted by atomic mass is 10.3. The van der Waals surface area contributed by atoms with Gasteiger partial charge < -0.3 is 4.98 Å². The minimum atomic E-state index is -0.0996. The number of fused-ring (bicyclic) bond motifs is 1. The molecule has 0 bridgehead atoms. The van der Waals surface area contributed by atoms with Crippen molar-refractivity contribution in [1.82, 2.24) is 19.7 Å². The van der Waals surface area contributed by atoms with Crippen LogP contribution in [0.2, 0.25) is 0 Å². The number of hydrogen-bond acceptors (Lipinski definition) is 3. The maximum Gasteiger partial charge on any atom is 0.262 e. The highest BCUT2D eigenvalue weighted by atomic mass is 16.1. The Morgan fingerprint density at radius 3 is 2.86 bits per heavy atom. The predicted octanol–water partition coefficient (Wildman–Crippen LogP) is 0.527. The number of rotatable bonds is 1. The van der Waals surface area contributed by atoms with Gasteiger partial charge in [0.2, 0.25) is 0 Å². The van der Waals surface area contributed by atoms with Gasteiger partial charge in [-0.05, 0) is 6.92 Å². The zero-order valence-corrected chi connectivity index (χ0v) is 8.46. The molecule has 0 aliphatic heterocycles. The Kier molecular flexibility index (Phi) is 1.87. The van der Waals surface area contributed by atoms with E-state index in [-0.39, 0.29) is 5.56 Å². The predicted molar refractivity (Wildman–Crippen MR) is 53.2 cm³/mol. The summed E-state index contributed by atoms with van der Waals surface area (Å²) in [7, 11) is 1.79. The molecular weight excluding hydrogens is 180 g/mol. The van der Waals surface area contributed by atoms with Gasteiger partial charge in [0.05, 0.1) is 5.69 Å². The zero-order chi connectivity index (χ0) is 10.3. The van der Waals surface area contributed by atoms with Crippen LogP contribution >= 0.6 is 0 Å². The third kappa shape index (κ3) is 1.13. The van der Waals surface area contributed by atoms with Gasteiger partial charge in [0, 0.05) is 13.5 Å². The summed E-state index contributed by atoms with van der Waals surface area (Å²) >= 11 is 0. The second-order valence-corrected chi connectivity index (χ2v) is 3.27. The lowest BCUT2D eigenvalue weighted by molar-refractivity contribution is 0.768.